The monoisotopic (exact) mass is 2010 g/mol. The predicted octanol–water partition coefficient (Wildman–Crippen LogP) is 18.9. The number of aliphatic hydroxyl groups excluding tert-OH is 2. The van der Waals surface area contributed by atoms with Gasteiger partial charge in [0.15, 0.2) is 5.15 Å². The largest absolute Gasteiger partial charge is 1.00 e. The molecule has 0 amide bonds. The first-order valence-electron chi connectivity index (χ1n) is 35.3. The van der Waals surface area contributed by atoms with Crippen LogP contribution in [0, 0.1) is 0 Å². The molecule has 10 heterocycles. The maximum Gasteiger partial charge on any atom is 1.00 e. The van der Waals surface area contributed by atoms with Gasteiger partial charge in [0.25, 0.3) is 5.56 Å². The fraction of sp³-hybridized carbons (Fsp3) is 0.0714. The number of aliphatic hydroxyl groups is 2. The minimum absolute atomic E-state index is 0. The smallest absolute Gasteiger partial charge is 1.00 e. The molecule has 633 valence electrons. The van der Waals surface area contributed by atoms with Crippen LogP contribution in [0.4, 0.5) is 0 Å². The van der Waals surface area contributed by atoms with Gasteiger partial charge >= 0.3 is 59.5 Å². The van der Waals surface area contributed by atoms with Gasteiger partial charge < -0.3 is 77.1 Å². The number of thiol groups is 1. The molecule has 0 unspecified atom stereocenters. The van der Waals surface area contributed by atoms with E-state index in [2.05, 4.69) is 166 Å². The molecule has 28 nitrogen and oxygen atoms in total. The molecule has 124 heavy (non-hydrogen) atoms. The van der Waals surface area contributed by atoms with Gasteiger partial charge in [-0.3, -0.25) is 9.36 Å². The quantitative estimate of drug-likeness (QED) is 0.0255. The molecule has 10 aromatic heterocycles. The van der Waals surface area contributed by atoms with Gasteiger partial charge in [-0.25, -0.2) is 29.9 Å². The van der Waals surface area contributed by atoms with E-state index in [1.807, 2.05) is 271 Å². The summed E-state index contributed by atoms with van der Waals surface area (Å²) in [5.41, 5.74) is 10.4. The molecule has 8 aromatic carbocycles. The number of hydrogen-bond acceptors (Lipinski definition) is 23. The Morgan fingerprint density at radius 3 is 1.15 bits per heavy atom. The Hall–Kier alpha value is -10.5. The Morgan fingerprint density at radius 2 is 0.750 bits per heavy atom. The van der Waals surface area contributed by atoms with Crippen molar-refractivity contribution in [2.75, 3.05) is 42.7 Å². The zero-order chi connectivity index (χ0) is 87.8. The molecule has 0 aliphatic rings. The summed E-state index contributed by atoms with van der Waals surface area (Å²) in [6.07, 6.45) is 16.6. The van der Waals surface area contributed by atoms with E-state index in [0.29, 0.717) is 33.8 Å². The van der Waals surface area contributed by atoms with Crippen molar-refractivity contribution in [3.8, 4) is 80.7 Å². The number of halogens is 8. The van der Waals surface area contributed by atoms with Crippen LogP contribution in [0.3, 0.4) is 0 Å². The number of aromatic nitrogens is 15. The summed E-state index contributed by atoms with van der Waals surface area (Å²) in [7, 11) is 11.9. The van der Waals surface area contributed by atoms with Gasteiger partial charge in [0.05, 0.1) is 53.2 Å². The fourth-order valence-electron chi connectivity index (χ4n) is 10.8. The maximum absolute atomic E-state index is 12.1. The summed E-state index contributed by atoms with van der Waals surface area (Å²) in [4.78, 5) is 57.6. The molecular formula is C84H74BBr3Cl5N16NaO12PS. The number of aromatic amines is 3. The average molecular weight is 2010 g/mol. The Morgan fingerprint density at radius 1 is 0.427 bits per heavy atom. The van der Waals surface area contributed by atoms with Crippen molar-refractivity contribution in [3.63, 3.8) is 0 Å². The van der Waals surface area contributed by atoms with Crippen molar-refractivity contribution in [1.82, 2.24) is 73.5 Å². The first-order chi connectivity index (χ1) is 59.4. The van der Waals surface area contributed by atoms with Crippen LogP contribution in [0.1, 0.15) is 0 Å². The van der Waals surface area contributed by atoms with Gasteiger partial charge in [0.2, 0.25) is 17.6 Å². The Kier molecular flexibility index (Phi) is 44.8. The number of nitrogens with one attached hydrogen (secondary N) is 3. The van der Waals surface area contributed by atoms with Gasteiger partial charge in [-0.1, -0.05) is 100 Å². The zero-order valence-corrected chi connectivity index (χ0v) is 79.0. The molecule has 5 N–H and O–H groups in total. The second kappa shape index (κ2) is 54.3. The van der Waals surface area contributed by atoms with Gasteiger partial charge in [-0.05, 0) is 229 Å². The third-order valence-electron chi connectivity index (χ3n) is 15.7. The maximum atomic E-state index is 12.1. The van der Waals surface area contributed by atoms with Crippen LogP contribution in [0.25, 0.3) is 72.2 Å². The fourth-order valence-corrected chi connectivity index (χ4v) is 12.2. The summed E-state index contributed by atoms with van der Waals surface area (Å²) >= 11 is 33.1. The standard InChI is InChI=1S/C19H14BrN3O2.C19H15N3O2.C18H12BrN3O2.C12H9BrO.C7H7N3O.C6H4ClN3.2CH4O.CH3O.BHNS.Cl3OP.ClH.Na/c1-24-19-18-17(21-12-22-19)16(20)11-23(18)13-7-9-15(10-8-13)25-14-5-3-2-4-6-14;1-23-19-18-17(20-13-21-19)11-12-22(18)14-7-9-16(10-8-14)24-15-5-3-2-4-6-15;19-15-10-22(17-16(15)20-11-21-18(17)23)12-6-8-14(9-7-12)24-13-4-2-1-3-5-13;13-10-6-8-12(9-7-10)14-11-4-2-1-3-5-11;1-11-7-6-5(2-3-8-6)9-4-10-7;7-6-5-4(1-2-8-5)9-3-10-6;3*1-2;1-2-3;1-5(2,3)4;;/h2-12H,1H3;2-13H,1H3;1-11H,(H,20,21,23);1-9H;2-4,8H,1H3;1-3,8H;2*2H,1H3;1H3;3H;;1H;/q;;;;;;;;-1;;;;+1. The van der Waals surface area contributed by atoms with Crippen LogP contribution < -0.4 is 73.4 Å². The first-order valence-corrected chi connectivity index (χ1v) is 42.9. The predicted molar refractivity (Wildman–Crippen MR) is 499 cm³/mol. The van der Waals surface area contributed by atoms with Crippen molar-refractivity contribution in [3.05, 3.63) is 328 Å². The molecule has 18 aromatic rings. The van der Waals surface area contributed by atoms with Crippen molar-refractivity contribution >= 4 is 186 Å². The molecule has 0 fully saturated rings. The van der Waals surface area contributed by atoms with Crippen LogP contribution in [0.15, 0.2) is 322 Å². The van der Waals surface area contributed by atoms with E-state index in [1.54, 1.807) is 32.1 Å². The molecule has 0 spiro atoms. The number of hydrogen-bond donors (Lipinski definition) is 6. The van der Waals surface area contributed by atoms with Crippen LogP contribution in [0.5, 0.6) is 63.6 Å². The number of ether oxygens (including phenoxy) is 7. The Balaban J connectivity index is 0.000000228. The van der Waals surface area contributed by atoms with Crippen molar-refractivity contribution in [1.29, 1.82) is 0 Å². The van der Waals surface area contributed by atoms with E-state index >= 15 is 0 Å². The SMILES string of the molecule is Brc1ccc(Oc2ccccc2)cc1.CO.CO.COc1ncnc2c(Br)cn(-c3ccc(Oc4ccccc4)cc3)c12.COc1ncnc2cc[nH]c12.COc1ncnc2ccn(-c3ccc(Oc4ccccc4)cc3)c12.C[O-].Cl.Clc1ncnc2cc[nH]c12.O=P(Cl)(Cl)Cl.O=c1[nH]cnc2c(Br)cn(-c3ccc(Oc4ccccc4)cc3)c12.[B]=NS.[Na+]. The van der Waals surface area contributed by atoms with Crippen LogP contribution in [0.2, 0.25) is 5.15 Å². The summed E-state index contributed by atoms with van der Waals surface area (Å²) in [6.45, 7) is 0. The third kappa shape index (κ3) is 30.7. The Labute approximate surface area is 790 Å². The number of H-pyrrole nitrogens is 3. The summed E-state index contributed by atoms with van der Waals surface area (Å²) < 4.78 is 59.5. The van der Waals surface area contributed by atoms with Gasteiger partial charge in [-0.15, -0.1) is 12.4 Å². The molecule has 0 saturated heterocycles. The number of rotatable bonds is 14. The molecule has 0 saturated carbocycles. The van der Waals surface area contributed by atoms with E-state index in [-0.39, 0.29) is 47.5 Å². The summed E-state index contributed by atoms with van der Waals surface area (Å²) in [6, 6.07) is 75.4. The van der Waals surface area contributed by atoms with Crippen molar-refractivity contribution < 1.29 is 82.6 Å². The molecule has 0 atom stereocenters. The molecule has 40 heteroatoms. The van der Waals surface area contributed by atoms with Gasteiger partial charge in [0, 0.05) is 66.7 Å². The minimum Gasteiger partial charge on any atom is 1.00 e. The zero-order valence-electron chi connectivity index (χ0n) is 66.6. The van der Waals surface area contributed by atoms with E-state index < -0.39 is 5.20 Å². The normalized spacial score (nSPS) is 9.94. The average Bonchev–Trinajstić information content (AvgIpc) is 1.63. The van der Waals surface area contributed by atoms with E-state index in [1.165, 1.54) is 31.6 Å². The van der Waals surface area contributed by atoms with Gasteiger partial charge in [0.1, 0.15) is 110 Å². The van der Waals surface area contributed by atoms with E-state index in [4.69, 9.17) is 60.1 Å². The number of methoxy groups -OCH3 is 3. The van der Waals surface area contributed by atoms with E-state index in [0.717, 1.165) is 142 Å². The summed E-state index contributed by atoms with van der Waals surface area (Å²) in [5, 5.41) is 19.5. The minimum atomic E-state index is -3.22. The number of para-hydroxylation sites is 4. The molecule has 1 radical (unpaired) electrons. The van der Waals surface area contributed by atoms with Crippen molar-refractivity contribution in [2.24, 2.45) is 4.30 Å². The molecule has 0 bridgehead atoms. The van der Waals surface area contributed by atoms with E-state index in [9.17, 15) is 9.36 Å². The third-order valence-corrected chi connectivity index (χ3v) is 17.7. The first kappa shape index (κ1) is 102. The second-order valence-electron chi connectivity index (χ2n) is 23.1. The number of nitrogens with zero attached hydrogens (tertiary/aromatic N) is 13. The van der Waals surface area contributed by atoms with Crippen LogP contribution in [-0.2, 0) is 4.57 Å². The molecule has 0 aliphatic heterocycles. The molecule has 18 rings (SSSR count). The number of fused-ring (bicyclic) bond motifs is 5. The van der Waals surface area contributed by atoms with Gasteiger partial charge in [-0.2, -0.15) is 22.1 Å². The topological polar surface area (TPSA) is 353 Å². The van der Waals surface area contributed by atoms with Crippen LogP contribution >= 0.6 is 124 Å². The van der Waals surface area contributed by atoms with Crippen molar-refractivity contribution in [2.45, 2.75) is 0 Å². The Bertz CT molecular complexity index is 6300. The summed E-state index contributed by atoms with van der Waals surface area (Å²) in [5.74, 6) is 8.04. The number of benzene rings is 8. The van der Waals surface area contributed by atoms with Crippen LogP contribution in [-0.4, -0.2) is 134 Å². The molecular weight excluding hydrogens is 1940 g/mol. The second-order valence-corrected chi connectivity index (χ2v) is 33.0. The molecule has 0 aliphatic carbocycles.